The molecule has 0 bridgehead atoms. The number of para-hydroxylation sites is 1. The average Bonchev–Trinajstić information content (AvgIpc) is 2.66. The van der Waals surface area contributed by atoms with Crippen molar-refractivity contribution in [2.24, 2.45) is 11.8 Å². The molecule has 0 aliphatic carbocycles. The number of amides is 1. The number of nitro groups is 1. The van der Waals surface area contributed by atoms with E-state index in [2.05, 4.69) is 12.2 Å². The first-order chi connectivity index (χ1) is 12.8. The molecule has 0 radical (unpaired) electrons. The van der Waals surface area contributed by atoms with Gasteiger partial charge in [0.1, 0.15) is 5.78 Å². The molecular weight excluding hydrogens is 344 g/mol. The van der Waals surface area contributed by atoms with Crippen LogP contribution in [0, 0.1) is 22.0 Å². The molecule has 150 valence electrons. The summed E-state index contributed by atoms with van der Waals surface area (Å²) in [5.41, 5.74) is 0.319. The van der Waals surface area contributed by atoms with Crippen molar-refractivity contribution in [2.75, 3.05) is 0 Å². The molecule has 1 rings (SSSR count). The molecular formula is C21H32N2O4. The summed E-state index contributed by atoms with van der Waals surface area (Å²) < 4.78 is 0. The van der Waals surface area contributed by atoms with E-state index in [-0.39, 0.29) is 35.6 Å². The van der Waals surface area contributed by atoms with Gasteiger partial charge in [-0.05, 0) is 19.3 Å². The highest BCUT2D eigenvalue weighted by Crippen LogP contribution is 2.29. The van der Waals surface area contributed by atoms with Crippen LogP contribution in [0.4, 0.5) is 5.69 Å². The SMILES string of the molecule is CCCCC(C)C(=O)NC(CC(=O)C(CC)CC)c1ccccc1[N+](=O)[O-]. The number of unbranched alkanes of at least 4 members (excludes halogenated alkanes) is 1. The Morgan fingerprint density at radius 3 is 2.33 bits per heavy atom. The van der Waals surface area contributed by atoms with Crippen LogP contribution in [-0.4, -0.2) is 16.6 Å². The Morgan fingerprint density at radius 2 is 1.78 bits per heavy atom. The summed E-state index contributed by atoms with van der Waals surface area (Å²) >= 11 is 0. The monoisotopic (exact) mass is 376 g/mol. The van der Waals surface area contributed by atoms with E-state index in [9.17, 15) is 19.7 Å². The highest BCUT2D eigenvalue weighted by molar-refractivity contribution is 5.84. The number of hydrogen-bond donors (Lipinski definition) is 1. The van der Waals surface area contributed by atoms with E-state index in [1.165, 1.54) is 6.07 Å². The fraction of sp³-hybridized carbons (Fsp3) is 0.619. The number of carbonyl (C=O) groups is 2. The molecule has 1 aromatic rings. The highest BCUT2D eigenvalue weighted by atomic mass is 16.6. The first-order valence-corrected chi connectivity index (χ1v) is 9.91. The van der Waals surface area contributed by atoms with Crippen LogP contribution in [0.1, 0.15) is 77.8 Å². The van der Waals surface area contributed by atoms with E-state index >= 15 is 0 Å². The van der Waals surface area contributed by atoms with E-state index in [4.69, 9.17) is 0 Å². The summed E-state index contributed by atoms with van der Waals surface area (Å²) in [5, 5.41) is 14.3. The lowest BCUT2D eigenvalue weighted by molar-refractivity contribution is -0.385. The molecule has 0 saturated heterocycles. The predicted molar refractivity (Wildman–Crippen MR) is 106 cm³/mol. The van der Waals surface area contributed by atoms with Gasteiger partial charge in [0.2, 0.25) is 5.91 Å². The third-order valence-corrected chi connectivity index (χ3v) is 5.11. The molecule has 6 nitrogen and oxygen atoms in total. The fourth-order valence-corrected chi connectivity index (χ4v) is 3.25. The predicted octanol–water partition coefficient (Wildman–Crippen LogP) is 4.97. The maximum absolute atomic E-state index is 12.7. The van der Waals surface area contributed by atoms with Crippen molar-refractivity contribution in [3.8, 4) is 0 Å². The molecule has 0 aromatic heterocycles. The first kappa shape index (κ1) is 22.8. The number of nitro benzene ring substituents is 1. The van der Waals surface area contributed by atoms with Gasteiger partial charge in [-0.2, -0.15) is 0 Å². The Kier molecular flexibility index (Phi) is 9.68. The van der Waals surface area contributed by atoms with Gasteiger partial charge in [-0.15, -0.1) is 0 Å². The summed E-state index contributed by atoms with van der Waals surface area (Å²) in [6, 6.07) is 5.64. The van der Waals surface area contributed by atoms with Crippen LogP contribution in [0.2, 0.25) is 0 Å². The lowest BCUT2D eigenvalue weighted by atomic mass is 9.90. The van der Waals surface area contributed by atoms with Gasteiger partial charge < -0.3 is 5.32 Å². The Labute approximate surface area is 161 Å². The number of nitrogens with zero attached hydrogens (tertiary/aromatic N) is 1. The number of rotatable bonds is 12. The molecule has 1 amide bonds. The van der Waals surface area contributed by atoms with Crippen molar-refractivity contribution in [1.82, 2.24) is 5.32 Å². The van der Waals surface area contributed by atoms with E-state index in [0.29, 0.717) is 5.56 Å². The van der Waals surface area contributed by atoms with Crippen LogP contribution < -0.4 is 5.32 Å². The maximum atomic E-state index is 12.7. The van der Waals surface area contributed by atoms with Gasteiger partial charge >= 0.3 is 0 Å². The van der Waals surface area contributed by atoms with Crippen molar-refractivity contribution < 1.29 is 14.5 Å². The van der Waals surface area contributed by atoms with Crippen molar-refractivity contribution >= 4 is 17.4 Å². The van der Waals surface area contributed by atoms with Gasteiger partial charge in [0.25, 0.3) is 5.69 Å². The molecule has 27 heavy (non-hydrogen) atoms. The zero-order valence-corrected chi connectivity index (χ0v) is 16.9. The average molecular weight is 376 g/mol. The number of Topliss-reactive ketones (excluding diaryl/α,β-unsaturated/α-hetero) is 1. The zero-order chi connectivity index (χ0) is 20.4. The number of hydrogen-bond acceptors (Lipinski definition) is 4. The number of nitrogens with one attached hydrogen (secondary N) is 1. The third kappa shape index (κ3) is 6.77. The molecule has 1 aromatic carbocycles. The number of benzene rings is 1. The van der Waals surface area contributed by atoms with E-state index in [0.717, 1.165) is 32.1 Å². The summed E-state index contributed by atoms with van der Waals surface area (Å²) in [7, 11) is 0. The molecule has 0 fully saturated rings. The quantitative estimate of drug-likeness (QED) is 0.412. The fourth-order valence-electron chi connectivity index (χ4n) is 3.25. The second-order valence-electron chi connectivity index (χ2n) is 7.10. The van der Waals surface area contributed by atoms with Gasteiger partial charge in [-0.3, -0.25) is 19.7 Å². The number of carbonyl (C=O) groups excluding carboxylic acids is 2. The third-order valence-electron chi connectivity index (χ3n) is 5.11. The minimum atomic E-state index is -0.684. The van der Waals surface area contributed by atoms with Crippen LogP contribution in [0.3, 0.4) is 0 Å². The van der Waals surface area contributed by atoms with Crippen molar-refractivity contribution in [3.05, 3.63) is 39.9 Å². The Morgan fingerprint density at radius 1 is 1.15 bits per heavy atom. The minimum Gasteiger partial charge on any atom is -0.348 e. The van der Waals surface area contributed by atoms with Crippen LogP contribution in [-0.2, 0) is 9.59 Å². The van der Waals surface area contributed by atoms with E-state index in [1.54, 1.807) is 18.2 Å². The molecule has 0 aliphatic heterocycles. The second-order valence-corrected chi connectivity index (χ2v) is 7.10. The molecule has 0 heterocycles. The molecule has 2 atom stereocenters. The van der Waals surface area contributed by atoms with Crippen LogP contribution in [0.15, 0.2) is 24.3 Å². The Bertz CT molecular complexity index is 641. The Balaban J connectivity index is 3.12. The number of ketones is 1. The zero-order valence-electron chi connectivity index (χ0n) is 16.9. The summed E-state index contributed by atoms with van der Waals surface area (Å²) in [5.74, 6) is -0.420. The molecule has 0 aliphatic rings. The lowest BCUT2D eigenvalue weighted by Crippen LogP contribution is -2.35. The van der Waals surface area contributed by atoms with Gasteiger partial charge in [-0.1, -0.05) is 58.7 Å². The van der Waals surface area contributed by atoms with Gasteiger partial charge in [0, 0.05) is 24.3 Å². The van der Waals surface area contributed by atoms with Gasteiger partial charge in [0.15, 0.2) is 0 Å². The van der Waals surface area contributed by atoms with Crippen molar-refractivity contribution in [2.45, 2.75) is 72.3 Å². The van der Waals surface area contributed by atoms with Crippen LogP contribution in [0.5, 0.6) is 0 Å². The summed E-state index contributed by atoms with van der Waals surface area (Å²) in [4.78, 5) is 36.2. The molecule has 2 unspecified atom stereocenters. The molecule has 6 heteroatoms. The lowest BCUT2D eigenvalue weighted by Gasteiger charge is -2.23. The minimum absolute atomic E-state index is 0.0321. The maximum Gasteiger partial charge on any atom is 0.274 e. The molecule has 0 spiro atoms. The summed E-state index contributed by atoms with van der Waals surface area (Å²) in [6.45, 7) is 7.83. The van der Waals surface area contributed by atoms with Crippen molar-refractivity contribution in [1.29, 1.82) is 0 Å². The largest absolute Gasteiger partial charge is 0.348 e. The van der Waals surface area contributed by atoms with Crippen molar-refractivity contribution in [3.63, 3.8) is 0 Å². The highest BCUT2D eigenvalue weighted by Gasteiger charge is 2.28. The summed E-state index contributed by atoms with van der Waals surface area (Å²) in [6.07, 6.45) is 4.21. The molecule has 1 N–H and O–H groups in total. The molecule has 0 saturated carbocycles. The standard InChI is InChI=1S/C21H32N2O4/c1-5-8-11-15(4)21(25)22-18(14-20(24)16(6-2)7-3)17-12-9-10-13-19(17)23(26)27/h9-10,12-13,15-16,18H,5-8,11,14H2,1-4H3,(H,22,25). The smallest absolute Gasteiger partial charge is 0.274 e. The van der Waals surface area contributed by atoms with E-state index in [1.807, 2.05) is 20.8 Å². The van der Waals surface area contributed by atoms with E-state index < -0.39 is 11.0 Å². The topological polar surface area (TPSA) is 89.3 Å². The Hall–Kier alpha value is -2.24. The van der Waals surface area contributed by atoms with Gasteiger partial charge in [0.05, 0.1) is 16.5 Å². The normalized spacial score (nSPS) is 13.2. The second kappa shape index (κ2) is 11.5. The first-order valence-electron chi connectivity index (χ1n) is 9.91. The van der Waals surface area contributed by atoms with Crippen LogP contribution in [0.25, 0.3) is 0 Å². The van der Waals surface area contributed by atoms with Gasteiger partial charge in [-0.25, -0.2) is 0 Å². The van der Waals surface area contributed by atoms with Crippen LogP contribution >= 0.6 is 0 Å².